The highest BCUT2D eigenvalue weighted by Crippen LogP contribution is 2.17. The molecule has 1 rings (SSSR count). The number of carbonyl (C=O) groups is 1. The molecular weight excluding hydrogens is 252 g/mol. The summed E-state index contributed by atoms with van der Waals surface area (Å²) in [6.45, 7) is 5.40. The van der Waals surface area contributed by atoms with Crippen LogP contribution in [0.5, 0.6) is 0 Å². The average molecular weight is 271 g/mol. The van der Waals surface area contributed by atoms with Gasteiger partial charge in [-0.2, -0.15) is 0 Å². The molecule has 0 aliphatic heterocycles. The molecule has 0 saturated carbocycles. The number of benzene rings is 1. The average Bonchev–Trinajstić information content (AvgIpc) is 2.33. The topological polar surface area (TPSA) is 40.5 Å². The molecule has 1 aromatic rings. The number of hydrogen-bond donors (Lipinski definition) is 1. The van der Waals surface area contributed by atoms with Gasteiger partial charge in [-0.15, -0.1) is 0 Å². The van der Waals surface area contributed by atoms with Crippen LogP contribution in [0, 0.1) is 18.6 Å². The molecule has 0 aliphatic carbocycles. The van der Waals surface area contributed by atoms with Crippen molar-refractivity contribution >= 4 is 5.91 Å². The minimum Gasteiger partial charge on any atom is -0.396 e. The van der Waals surface area contributed by atoms with E-state index in [1.807, 2.05) is 13.8 Å². The number of amides is 1. The fraction of sp³-hybridized carbons (Fsp3) is 0.500. The minimum atomic E-state index is -0.859. The van der Waals surface area contributed by atoms with Crippen molar-refractivity contribution in [1.82, 2.24) is 4.90 Å². The Bertz CT molecular complexity index is 461. The van der Waals surface area contributed by atoms with Crippen LogP contribution in [0.4, 0.5) is 8.78 Å². The van der Waals surface area contributed by atoms with Gasteiger partial charge in [-0.05, 0) is 38.8 Å². The van der Waals surface area contributed by atoms with E-state index < -0.39 is 17.5 Å². The molecule has 0 radical (unpaired) electrons. The van der Waals surface area contributed by atoms with E-state index in [4.69, 9.17) is 5.11 Å². The second-order valence-corrected chi connectivity index (χ2v) is 4.75. The Morgan fingerprint density at radius 2 is 1.95 bits per heavy atom. The van der Waals surface area contributed by atoms with Crippen molar-refractivity contribution in [2.45, 2.75) is 33.2 Å². The van der Waals surface area contributed by atoms with E-state index in [1.54, 1.807) is 0 Å². The third-order valence-corrected chi connectivity index (χ3v) is 2.92. The lowest BCUT2D eigenvalue weighted by molar-refractivity contribution is 0.0688. The number of aliphatic hydroxyl groups is 1. The molecule has 0 aliphatic rings. The zero-order chi connectivity index (χ0) is 14.6. The predicted octanol–water partition coefficient (Wildman–Crippen LogP) is 2.51. The SMILES string of the molecule is Cc1cc(C(=O)N(CCCO)C(C)C)c(F)cc1F. The van der Waals surface area contributed by atoms with Gasteiger partial charge >= 0.3 is 0 Å². The molecule has 0 atom stereocenters. The zero-order valence-corrected chi connectivity index (χ0v) is 11.4. The minimum absolute atomic E-state index is 0.0403. The summed E-state index contributed by atoms with van der Waals surface area (Å²) in [6.07, 6.45) is 0.422. The van der Waals surface area contributed by atoms with Gasteiger partial charge in [-0.25, -0.2) is 8.78 Å². The van der Waals surface area contributed by atoms with Gasteiger partial charge in [0.05, 0.1) is 5.56 Å². The van der Waals surface area contributed by atoms with Gasteiger partial charge in [0, 0.05) is 25.3 Å². The standard InChI is InChI=1S/C14H19F2NO2/c1-9(2)17(5-4-6-18)14(19)11-7-10(3)12(15)8-13(11)16/h7-9,18H,4-6H2,1-3H3. The molecule has 0 aromatic heterocycles. The van der Waals surface area contributed by atoms with Gasteiger partial charge in [0.2, 0.25) is 0 Å². The highest BCUT2D eigenvalue weighted by Gasteiger charge is 2.22. The van der Waals surface area contributed by atoms with Crippen molar-refractivity contribution in [1.29, 1.82) is 0 Å². The Labute approximate surface area is 111 Å². The molecular formula is C14H19F2NO2. The quantitative estimate of drug-likeness (QED) is 0.894. The Morgan fingerprint density at radius 1 is 1.32 bits per heavy atom. The van der Waals surface area contributed by atoms with E-state index >= 15 is 0 Å². The molecule has 3 nitrogen and oxygen atoms in total. The highest BCUT2D eigenvalue weighted by atomic mass is 19.1. The first-order valence-electron chi connectivity index (χ1n) is 6.26. The molecule has 0 saturated heterocycles. The smallest absolute Gasteiger partial charge is 0.257 e. The maximum Gasteiger partial charge on any atom is 0.257 e. The van der Waals surface area contributed by atoms with E-state index in [-0.39, 0.29) is 23.8 Å². The number of carbonyl (C=O) groups excluding carboxylic acids is 1. The monoisotopic (exact) mass is 271 g/mol. The molecule has 1 N–H and O–H groups in total. The van der Waals surface area contributed by atoms with Gasteiger partial charge in [-0.1, -0.05) is 0 Å². The number of halogens is 2. The molecule has 1 aromatic carbocycles. The second kappa shape index (κ2) is 6.61. The highest BCUT2D eigenvalue weighted by molar-refractivity contribution is 5.94. The molecule has 0 bridgehead atoms. The van der Waals surface area contributed by atoms with E-state index in [0.717, 1.165) is 6.07 Å². The van der Waals surface area contributed by atoms with Gasteiger partial charge < -0.3 is 10.0 Å². The third kappa shape index (κ3) is 3.73. The van der Waals surface area contributed by atoms with Crippen molar-refractivity contribution in [3.8, 4) is 0 Å². The first-order chi connectivity index (χ1) is 8.88. The summed E-state index contributed by atoms with van der Waals surface area (Å²) in [5.74, 6) is -2.01. The summed E-state index contributed by atoms with van der Waals surface area (Å²) in [5, 5.41) is 8.82. The van der Waals surface area contributed by atoms with Crippen molar-refractivity contribution in [3.05, 3.63) is 34.9 Å². The normalized spacial score (nSPS) is 10.9. The third-order valence-electron chi connectivity index (χ3n) is 2.92. The van der Waals surface area contributed by atoms with Crippen LogP contribution in [0.15, 0.2) is 12.1 Å². The first-order valence-corrected chi connectivity index (χ1v) is 6.26. The second-order valence-electron chi connectivity index (χ2n) is 4.75. The molecule has 106 valence electrons. The lowest BCUT2D eigenvalue weighted by Gasteiger charge is -2.27. The van der Waals surface area contributed by atoms with Crippen molar-refractivity contribution in [2.24, 2.45) is 0 Å². The van der Waals surface area contributed by atoms with E-state index in [1.165, 1.54) is 17.9 Å². The Hall–Kier alpha value is -1.49. The summed E-state index contributed by atoms with van der Waals surface area (Å²) in [4.78, 5) is 13.7. The van der Waals surface area contributed by atoms with Crippen molar-refractivity contribution < 1.29 is 18.7 Å². The summed E-state index contributed by atoms with van der Waals surface area (Å²) in [7, 11) is 0. The molecule has 1 amide bonds. The zero-order valence-electron chi connectivity index (χ0n) is 11.4. The maximum atomic E-state index is 13.7. The molecule has 0 fully saturated rings. The van der Waals surface area contributed by atoms with Crippen LogP contribution in [0.1, 0.15) is 36.2 Å². The Morgan fingerprint density at radius 3 is 2.47 bits per heavy atom. The number of hydrogen-bond acceptors (Lipinski definition) is 2. The van der Waals surface area contributed by atoms with Crippen LogP contribution >= 0.6 is 0 Å². The summed E-state index contributed by atoms with van der Waals surface area (Å²) < 4.78 is 26.9. The largest absolute Gasteiger partial charge is 0.396 e. The number of aryl methyl sites for hydroxylation is 1. The number of nitrogens with zero attached hydrogens (tertiary/aromatic N) is 1. The van der Waals surface area contributed by atoms with Crippen LogP contribution in [-0.4, -0.2) is 35.1 Å². The fourth-order valence-electron chi connectivity index (χ4n) is 1.81. The molecule has 0 heterocycles. The molecule has 5 heteroatoms. The van der Waals surface area contributed by atoms with Crippen molar-refractivity contribution in [3.63, 3.8) is 0 Å². The van der Waals surface area contributed by atoms with E-state index in [0.29, 0.717) is 13.0 Å². The van der Waals surface area contributed by atoms with Gasteiger partial charge in [-0.3, -0.25) is 4.79 Å². The summed E-state index contributed by atoms with van der Waals surface area (Å²) in [5.41, 5.74) is 0.0983. The first kappa shape index (κ1) is 15.6. The molecule has 19 heavy (non-hydrogen) atoms. The van der Waals surface area contributed by atoms with Gasteiger partial charge in [0.1, 0.15) is 11.6 Å². The van der Waals surface area contributed by atoms with Crippen LogP contribution in [0.3, 0.4) is 0 Å². The van der Waals surface area contributed by atoms with Crippen LogP contribution in [0.2, 0.25) is 0 Å². The number of rotatable bonds is 5. The molecule has 0 unspecified atom stereocenters. The van der Waals surface area contributed by atoms with Gasteiger partial charge in [0.25, 0.3) is 5.91 Å². The predicted molar refractivity (Wildman–Crippen MR) is 69.0 cm³/mol. The fourth-order valence-corrected chi connectivity index (χ4v) is 1.81. The Balaban J connectivity index is 3.06. The number of aliphatic hydroxyl groups excluding tert-OH is 1. The lowest BCUT2D eigenvalue weighted by atomic mass is 10.1. The Kier molecular flexibility index (Phi) is 5.42. The van der Waals surface area contributed by atoms with Crippen molar-refractivity contribution in [2.75, 3.05) is 13.2 Å². The van der Waals surface area contributed by atoms with E-state index in [2.05, 4.69) is 0 Å². The summed E-state index contributed by atoms with van der Waals surface area (Å²) in [6, 6.07) is 1.83. The lowest BCUT2D eigenvalue weighted by Crippen LogP contribution is -2.38. The summed E-state index contributed by atoms with van der Waals surface area (Å²) >= 11 is 0. The van der Waals surface area contributed by atoms with Crippen LogP contribution < -0.4 is 0 Å². The van der Waals surface area contributed by atoms with E-state index in [9.17, 15) is 13.6 Å². The maximum absolute atomic E-state index is 13.7. The van der Waals surface area contributed by atoms with Gasteiger partial charge in [0.15, 0.2) is 0 Å². The van der Waals surface area contributed by atoms with Crippen LogP contribution in [-0.2, 0) is 0 Å². The molecule has 0 spiro atoms. The van der Waals surface area contributed by atoms with Crippen LogP contribution in [0.25, 0.3) is 0 Å².